The maximum Gasteiger partial charge on any atom is 0.215 e. The van der Waals surface area contributed by atoms with Crippen LogP contribution in [0.15, 0.2) is 107 Å². The Bertz CT molecular complexity index is 2900. The van der Waals surface area contributed by atoms with Gasteiger partial charge >= 0.3 is 0 Å². The van der Waals surface area contributed by atoms with Crippen LogP contribution < -0.4 is 37.7 Å². The normalized spacial score (nSPS) is 14.0. The van der Waals surface area contributed by atoms with E-state index in [1.165, 1.54) is 36.4 Å². The quantitative estimate of drug-likeness (QED) is 0.0466. The summed E-state index contributed by atoms with van der Waals surface area (Å²) in [6.07, 6.45) is 0.882. The minimum Gasteiger partial charge on any atom is -0.744 e. The van der Waals surface area contributed by atoms with Crippen molar-refractivity contribution in [2.24, 2.45) is 25.6 Å². The molecule has 0 aromatic heterocycles. The lowest BCUT2D eigenvalue weighted by Crippen LogP contribution is -2.30. The van der Waals surface area contributed by atoms with Gasteiger partial charge in [-0.1, -0.05) is 12.1 Å². The third-order valence-electron chi connectivity index (χ3n) is 7.62. The summed E-state index contributed by atoms with van der Waals surface area (Å²) in [6.45, 7) is -1.70. The van der Waals surface area contributed by atoms with Gasteiger partial charge in [-0.15, -0.1) is 10.2 Å². The number of anilines is 5. The molecule has 27 heteroatoms. The maximum absolute atomic E-state index is 13.6. The van der Waals surface area contributed by atoms with Gasteiger partial charge in [0.25, 0.3) is 0 Å². The Kier molecular flexibility index (Phi) is 12.2. The number of nitrogens with zero attached hydrogens (tertiary/aromatic N) is 5. The zero-order chi connectivity index (χ0) is 43.4. The average Bonchev–Trinajstić information content (AvgIpc) is 3.13. The van der Waals surface area contributed by atoms with Crippen LogP contribution in [0.4, 0.5) is 51.2 Å². The number of azo groups is 2. The molecule has 5 rings (SSSR count). The van der Waals surface area contributed by atoms with Gasteiger partial charge in [0, 0.05) is 5.56 Å². The van der Waals surface area contributed by atoms with Crippen molar-refractivity contribution in [3.8, 4) is 0 Å². The molecular formula is C32H23N10O14S3-5. The van der Waals surface area contributed by atoms with E-state index in [0.29, 0.717) is 0 Å². The van der Waals surface area contributed by atoms with E-state index >= 15 is 0 Å². The molecule has 7 N–H and O–H groups in total. The predicted molar refractivity (Wildman–Crippen MR) is 199 cm³/mol. The van der Waals surface area contributed by atoms with Crippen LogP contribution in [0.25, 0.3) is 6.08 Å². The largest absolute Gasteiger partial charge is 0.744 e. The van der Waals surface area contributed by atoms with Crippen molar-refractivity contribution in [2.75, 3.05) is 40.6 Å². The van der Waals surface area contributed by atoms with Gasteiger partial charge in [-0.3, -0.25) is 10.2 Å². The van der Waals surface area contributed by atoms with Gasteiger partial charge in [-0.05, 0) is 66.2 Å². The molecule has 0 amide bonds. The van der Waals surface area contributed by atoms with E-state index in [-0.39, 0.29) is 50.9 Å². The van der Waals surface area contributed by atoms with E-state index in [9.17, 15) is 63.5 Å². The third-order valence-corrected chi connectivity index (χ3v) is 10.2. The standard InChI is InChI=1S/C32H28N10O14S3/c33-20-9-24(35-13-29(43)44)26(57(48,49)50)11-22(20)40-37-16-2-1-3-17(7-16)39-42-31-28(59(54,55)56)6-15-4-5-18(8-19(15)32(31)47)38-41-23-12-27(58(51,52)53)25(10-21(23)34)36-14-30(45)46/h1-12,35-36,39H,13-14,33-34H2,(H,43,44)(H,45,46)(H,48,49,50)(H,51,52,53)(H,54,55,56)/p-5. The average molecular weight is 868 g/mol. The number of carboxylic acid groups (broad SMARTS) is 2. The van der Waals surface area contributed by atoms with E-state index < -0.39 is 92.9 Å². The monoisotopic (exact) mass is 867 g/mol. The Hall–Kier alpha value is -7.17. The first kappa shape index (κ1) is 43.0. The van der Waals surface area contributed by atoms with E-state index in [0.717, 1.165) is 36.4 Å². The lowest BCUT2D eigenvalue weighted by Gasteiger charge is -2.20. The zero-order valence-corrected chi connectivity index (χ0v) is 31.6. The summed E-state index contributed by atoms with van der Waals surface area (Å²) in [6, 6.07) is 12.4. The minimum absolute atomic E-state index is 0.0342. The van der Waals surface area contributed by atoms with Gasteiger partial charge in [0.05, 0.1) is 79.5 Å². The number of hydrogen-bond acceptors (Lipinski definition) is 24. The Morgan fingerprint density at radius 1 is 0.644 bits per heavy atom. The highest BCUT2D eigenvalue weighted by molar-refractivity contribution is 7.91. The summed E-state index contributed by atoms with van der Waals surface area (Å²) in [4.78, 5) is 32.4. The second-order valence-electron chi connectivity index (χ2n) is 11.8. The fourth-order valence-corrected chi connectivity index (χ4v) is 6.98. The Labute approximate surface area is 332 Å². The first-order valence-electron chi connectivity index (χ1n) is 15.8. The maximum atomic E-state index is 13.6. The summed E-state index contributed by atoms with van der Waals surface area (Å²) in [5.74, 6) is -4.29. The third kappa shape index (κ3) is 10.6. The number of nitrogen functional groups attached to an aromatic ring is 2. The van der Waals surface area contributed by atoms with Crippen molar-refractivity contribution in [2.45, 2.75) is 9.79 Å². The molecule has 4 aromatic carbocycles. The van der Waals surface area contributed by atoms with E-state index in [4.69, 9.17) is 11.5 Å². The molecule has 1 aliphatic carbocycles. The van der Waals surface area contributed by atoms with E-state index in [1.807, 2.05) is 0 Å². The van der Waals surface area contributed by atoms with Crippen molar-refractivity contribution >= 4 is 111 Å². The van der Waals surface area contributed by atoms with Crippen LogP contribution in [-0.2, 0) is 39.9 Å². The van der Waals surface area contributed by atoms with Crippen LogP contribution in [0.3, 0.4) is 0 Å². The number of fused-ring (bicyclic) bond motifs is 1. The summed E-state index contributed by atoms with van der Waals surface area (Å²) >= 11 is 0. The number of ketones is 1. The zero-order valence-electron chi connectivity index (χ0n) is 29.2. The van der Waals surface area contributed by atoms with Crippen LogP contribution in [0.5, 0.6) is 0 Å². The number of benzene rings is 4. The number of carboxylic acids is 2. The molecule has 24 nitrogen and oxygen atoms in total. The second-order valence-corrected chi connectivity index (χ2v) is 15.8. The molecule has 1 aliphatic rings. The number of nitrogens with two attached hydrogens (primary N) is 2. The number of Topliss-reactive ketones (excluding diaryl/α,β-unsaturated/α-hetero) is 1. The summed E-state index contributed by atoms with van der Waals surface area (Å²) in [5, 5.41) is 45.4. The number of hydrogen-bond donors (Lipinski definition) is 5. The Morgan fingerprint density at radius 3 is 1.63 bits per heavy atom. The van der Waals surface area contributed by atoms with Gasteiger partial charge in [-0.2, -0.15) is 15.3 Å². The van der Waals surface area contributed by atoms with Crippen molar-refractivity contribution in [3.63, 3.8) is 0 Å². The van der Waals surface area contributed by atoms with Crippen LogP contribution in [0.1, 0.15) is 15.9 Å². The van der Waals surface area contributed by atoms with Crippen LogP contribution in [0.2, 0.25) is 0 Å². The van der Waals surface area contributed by atoms with Crippen molar-refractivity contribution in [3.05, 3.63) is 82.8 Å². The molecule has 0 heterocycles. The molecule has 0 aliphatic heterocycles. The van der Waals surface area contributed by atoms with Crippen LogP contribution in [0, 0.1) is 0 Å². The lowest BCUT2D eigenvalue weighted by atomic mass is 9.94. The highest BCUT2D eigenvalue weighted by Gasteiger charge is 2.30. The van der Waals surface area contributed by atoms with Gasteiger partial charge < -0.3 is 55.6 Å². The van der Waals surface area contributed by atoms with Crippen molar-refractivity contribution in [1.82, 2.24) is 0 Å². The molecule has 0 saturated carbocycles. The van der Waals surface area contributed by atoms with E-state index in [2.05, 4.69) is 41.6 Å². The number of allylic oxidation sites excluding steroid dienone is 1. The molecule has 0 atom stereocenters. The highest BCUT2D eigenvalue weighted by atomic mass is 32.2. The van der Waals surface area contributed by atoms with Crippen molar-refractivity contribution < 1.29 is 63.5 Å². The first-order chi connectivity index (χ1) is 27.5. The molecule has 59 heavy (non-hydrogen) atoms. The molecule has 308 valence electrons. The number of hydrazone groups is 1. The number of rotatable bonds is 15. The number of carbonyl (C=O) groups excluding carboxylic acids is 3. The van der Waals surface area contributed by atoms with Crippen LogP contribution >= 0.6 is 0 Å². The highest BCUT2D eigenvalue weighted by Crippen LogP contribution is 2.36. The molecule has 0 saturated heterocycles. The van der Waals surface area contributed by atoms with Crippen molar-refractivity contribution in [1.29, 1.82) is 0 Å². The molecule has 4 aromatic rings. The fourth-order valence-electron chi connectivity index (χ4n) is 5.03. The Balaban J connectivity index is 1.43. The predicted octanol–water partition coefficient (Wildman–Crippen LogP) is 0.364. The number of carbonyl (C=O) groups is 3. The second kappa shape index (κ2) is 16.7. The summed E-state index contributed by atoms with van der Waals surface area (Å²) < 4.78 is 108. The molecular weight excluding hydrogens is 845 g/mol. The van der Waals surface area contributed by atoms with Gasteiger partial charge in [-0.25, -0.2) is 25.3 Å². The summed E-state index contributed by atoms with van der Waals surface area (Å²) in [5.41, 5.74) is 11.2. The smallest absolute Gasteiger partial charge is 0.215 e. The molecule has 0 unspecified atom stereocenters. The van der Waals surface area contributed by atoms with E-state index in [1.54, 1.807) is 0 Å². The summed E-state index contributed by atoms with van der Waals surface area (Å²) in [7, 11) is -15.7. The molecule has 0 spiro atoms. The fraction of sp³-hybridized carbons (Fsp3) is 0.0625. The topological polar surface area (TPSA) is 419 Å². The van der Waals surface area contributed by atoms with Gasteiger partial charge in [0.2, 0.25) is 5.78 Å². The van der Waals surface area contributed by atoms with Gasteiger partial charge in [0.1, 0.15) is 47.4 Å². The minimum atomic E-state index is -5.32. The SMILES string of the molecule is Nc1cc(NCC(=O)[O-])c(S(=O)(=O)[O-])cc1N=Nc1cccc(NN=C2C(=O)c3cc(N=Nc4cc(S(=O)(=O)[O-])c(NCC(=O)[O-])cc4N)ccc3C=C2S(=O)(=O)[O-])c1. The van der Waals surface area contributed by atoms with Crippen LogP contribution in [-0.4, -0.2) is 75.4 Å². The Morgan fingerprint density at radius 2 is 1.15 bits per heavy atom. The number of nitrogens with one attached hydrogen (secondary N) is 3. The molecule has 0 bridgehead atoms. The van der Waals surface area contributed by atoms with Gasteiger partial charge in [0.15, 0.2) is 0 Å². The first-order valence-corrected chi connectivity index (χ1v) is 20.0. The molecule has 0 fully saturated rings. The lowest BCUT2D eigenvalue weighted by molar-refractivity contribution is -0.304. The molecule has 0 radical (unpaired) electrons. The number of aliphatic carboxylic acids is 2.